The van der Waals surface area contributed by atoms with Gasteiger partial charge in [0.2, 0.25) is 0 Å². The molecule has 3 rings (SSSR count). The predicted octanol–water partition coefficient (Wildman–Crippen LogP) is 11.7. The Bertz CT molecular complexity index is 1130. The van der Waals surface area contributed by atoms with Crippen LogP contribution in [0.5, 0.6) is 0 Å². The molecule has 0 saturated carbocycles. The first-order chi connectivity index (χ1) is 18.7. The van der Waals surface area contributed by atoms with Crippen LogP contribution in [0.4, 0.5) is 5.69 Å². The van der Waals surface area contributed by atoms with Crippen molar-refractivity contribution in [1.82, 2.24) is 0 Å². The summed E-state index contributed by atoms with van der Waals surface area (Å²) >= 11 is 0. The maximum absolute atomic E-state index is 4.53. The Morgan fingerprint density at radius 1 is 0.579 bits per heavy atom. The van der Waals surface area contributed by atoms with Gasteiger partial charge in [0, 0.05) is 0 Å². The highest BCUT2D eigenvalue weighted by atomic mass is 15.1. The van der Waals surface area contributed by atoms with Crippen molar-refractivity contribution in [3.8, 4) is 11.1 Å². The molecule has 0 N–H and O–H groups in total. The van der Waals surface area contributed by atoms with Crippen molar-refractivity contribution in [2.24, 2.45) is 10.2 Å². The van der Waals surface area contributed by atoms with E-state index in [1.165, 1.54) is 110 Å². The zero-order valence-electron chi connectivity index (χ0n) is 24.1. The number of hydrogen-bond donors (Lipinski definition) is 0. The fraction of sp³-hybridized carbons (Fsp3) is 0.444. The molecule has 0 aliphatic carbocycles. The standard InChI is InChI=1S/C36H48N2/c1-4-7-10-13-18-31-23-22-30(28-33(31)21-14-11-8-5-2)26-27-37-38-35-24-25-36(32-19-15-12-16-20-32)34(29-35)17-9-6-3/h12,15-16,19-20,22-29H,4-11,13-14,17-18,21H2,1-3H3. The first-order valence-electron chi connectivity index (χ1n) is 15.1. The van der Waals surface area contributed by atoms with Crippen molar-refractivity contribution in [3.05, 3.63) is 95.2 Å². The quantitative estimate of drug-likeness (QED) is 0.128. The van der Waals surface area contributed by atoms with Crippen molar-refractivity contribution in [1.29, 1.82) is 0 Å². The van der Waals surface area contributed by atoms with Crippen LogP contribution in [0.15, 0.2) is 83.2 Å². The molecule has 38 heavy (non-hydrogen) atoms. The van der Waals surface area contributed by atoms with Crippen molar-refractivity contribution in [2.45, 2.75) is 104 Å². The lowest BCUT2D eigenvalue weighted by molar-refractivity contribution is 0.650. The molecule has 0 aromatic heterocycles. The second-order valence-corrected chi connectivity index (χ2v) is 10.5. The topological polar surface area (TPSA) is 24.7 Å². The van der Waals surface area contributed by atoms with Gasteiger partial charge in [-0.15, -0.1) is 0 Å². The van der Waals surface area contributed by atoms with E-state index < -0.39 is 0 Å². The Labute approximate surface area is 232 Å². The lowest BCUT2D eigenvalue weighted by Gasteiger charge is -2.11. The zero-order chi connectivity index (χ0) is 26.8. The van der Waals surface area contributed by atoms with Crippen molar-refractivity contribution < 1.29 is 0 Å². The van der Waals surface area contributed by atoms with Gasteiger partial charge in [-0.25, -0.2) is 0 Å². The number of aryl methyl sites for hydroxylation is 3. The minimum atomic E-state index is 0.916. The van der Waals surface area contributed by atoms with Gasteiger partial charge in [-0.3, -0.25) is 0 Å². The summed E-state index contributed by atoms with van der Waals surface area (Å²) in [6, 6.07) is 24.1. The number of benzene rings is 3. The number of nitrogens with zero attached hydrogens (tertiary/aromatic N) is 2. The molecule has 0 heterocycles. The smallest absolute Gasteiger partial charge is 0.0860 e. The molecule has 0 unspecified atom stereocenters. The first-order valence-corrected chi connectivity index (χ1v) is 15.1. The summed E-state index contributed by atoms with van der Waals surface area (Å²) in [5.41, 5.74) is 9.11. The summed E-state index contributed by atoms with van der Waals surface area (Å²) in [7, 11) is 0. The van der Waals surface area contributed by atoms with Gasteiger partial charge in [-0.1, -0.05) is 120 Å². The molecule has 0 fully saturated rings. The van der Waals surface area contributed by atoms with Crippen molar-refractivity contribution in [3.63, 3.8) is 0 Å². The van der Waals surface area contributed by atoms with E-state index in [9.17, 15) is 0 Å². The minimum absolute atomic E-state index is 0.916. The molecule has 0 bridgehead atoms. The Morgan fingerprint density at radius 3 is 1.97 bits per heavy atom. The zero-order valence-corrected chi connectivity index (χ0v) is 24.1. The normalized spacial score (nSPS) is 11.7. The molecule has 3 aromatic rings. The Kier molecular flexibility index (Phi) is 13.6. The fourth-order valence-electron chi connectivity index (χ4n) is 5.05. The van der Waals surface area contributed by atoms with Crippen LogP contribution >= 0.6 is 0 Å². The molecule has 0 atom stereocenters. The number of azo groups is 1. The maximum Gasteiger partial charge on any atom is 0.0860 e. The van der Waals surface area contributed by atoms with Gasteiger partial charge in [-0.05, 0) is 90.1 Å². The van der Waals surface area contributed by atoms with Crippen LogP contribution in [0.25, 0.3) is 17.2 Å². The third kappa shape index (κ3) is 10.0. The summed E-state index contributed by atoms with van der Waals surface area (Å²) in [6.45, 7) is 6.80. The lowest BCUT2D eigenvalue weighted by atomic mass is 9.95. The third-order valence-corrected chi connectivity index (χ3v) is 7.31. The fourth-order valence-corrected chi connectivity index (χ4v) is 5.05. The summed E-state index contributed by atoms with van der Waals surface area (Å²) in [5.74, 6) is 0. The highest BCUT2D eigenvalue weighted by Gasteiger charge is 2.07. The summed E-state index contributed by atoms with van der Waals surface area (Å²) in [6.07, 6.45) is 20.2. The molecule has 0 saturated heterocycles. The SMILES string of the molecule is CCCCCCc1ccc(C=CN=Nc2ccc(-c3ccccc3)c(CCCC)c2)cc1CCCCCC. The Morgan fingerprint density at radius 2 is 1.26 bits per heavy atom. The van der Waals surface area contributed by atoms with E-state index >= 15 is 0 Å². The first kappa shape index (κ1) is 29.6. The lowest BCUT2D eigenvalue weighted by Crippen LogP contribution is -1.96. The molecule has 0 amide bonds. The molecule has 2 nitrogen and oxygen atoms in total. The molecule has 2 heteroatoms. The van der Waals surface area contributed by atoms with Crippen LogP contribution in [0, 0.1) is 0 Å². The molecular weight excluding hydrogens is 460 g/mol. The van der Waals surface area contributed by atoms with Gasteiger partial charge in [-0.2, -0.15) is 10.2 Å². The monoisotopic (exact) mass is 508 g/mol. The van der Waals surface area contributed by atoms with Crippen LogP contribution < -0.4 is 0 Å². The van der Waals surface area contributed by atoms with Crippen LogP contribution in [0.3, 0.4) is 0 Å². The van der Waals surface area contributed by atoms with Crippen LogP contribution in [-0.2, 0) is 19.3 Å². The van der Waals surface area contributed by atoms with Gasteiger partial charge < -0.3 is 0 Å². The Balaban J connectivity index is 1.70. The van der Waals surface area contributed by atoms with E-state index in [0.29, 0.717) is 0 Å². The van der Waals surface area contributed by atoms with Crippen molar-refractivity contribution in [2.75, 3.05) is 0 Å². The van der Waals surface area contributed by atoms with Gasteiger partial charge >= 0.3 is 0 Å². The highest BCUT2D eigenvalue weighted by molar-refractivity contribution is 5.69. The second kappa shape index (κ2) is 17.5. The number of hydrogen-bond acceptors (Lipinski definition) is 2. The highest BCUT2D eigenvalue weighted by Crippen LogP contribution is 2.29. The molecule has 0 radical (unpaired) electrons. The molecule has 202 valence electrons. The van der Waals surface area contributed by atoms with Crippen LogP contribution in [0.2, 0.25) is 0 Å². The van der Waals surface area contributed by atoms with E-state index in [-0.39, 0.29) is 0 Å². The maximum atomic E-state index is 4.53. The summed E-state index contributed by atoms with van der Waals surface area (Å²) in [4.78, 5) is 0. The van der Waals surface area contributed by atoms with Gasteiger partial charge in [0.1, 0.15) is 0 Å². The van der Waals surface area contributed by atoms with Crippen LogP contribution in [-0.4, -0.2) is 0 Å². The van der Waals surface area contributed by atoms with Gasteiger partial charge in [0.15, 0.2) is 0 Å². The average molecular weight is 509 g/mol. The molecular formula is C36H48N2. The molecule has 0 aliphatic heterocycles. The largest absolute Gasteiger partial charge is 0.159 e. The number of unbranched alkanes of at least 4 members (excludes halogenated alkanes) is 7. The molecule has 0 aliphatic rings. The second-order valence-electron chi connectivity index (χ2n) is 10.5. The van der Waals surface area contributed by atoms with Crippen LogP contribution in [0.1, 0.15) is 107 Å². The van der Waals surface area contributed by atoms with E-state index in [0.717, 1.165) is 12.1 Å². The third-order valence-electron chi connectivity index (χ3n) is 7.31. The van der Waals surface area contributed by atoms with Crippen molar-refractivity contribution >= 4 is 11.8 Å². The van der Waals surface area contributed by atoms with E-state index in [1.54, 1.807) is 0 Å². The van der Waals surface area contributed by atoms with E-state index in [4.69, 9.17) is 0 Å². The van der Waals surface area contributed by atoms with E-state index in [2.05, 4.69) is 104 Å². The minimum Gasteiger partial charge on any atom is -0.159 e. The molecule has 0 spiro atoms. The number of rotatable bonds is 17. The average Bonchev–Trinajstić information content (AvgIpc) is 2.96. The summed E-state index contributed by atoms with van der Waals surface area (Å²) < 4.78 is 0. The molecule has 3 aromatic carbocycles. The summed E-state index contributed by atoms with van der Waals surface area (Å²) in [5, 5.41) is 8.94. The van der Waals surface area contributed by atoms with Gasteiger partial charge in [0.05, 0.1) is 11.9 Å². The van der Waals surface area contributed by atoms with E-state index in [1.807, 2.05) is 6.20 Å². The van der Waals surface area contributed by atoms with Gasteiger partial charge in [0.25, 0.3) is 0 Å². The Hall–Kier alpha value is -3.00. The predicted molar refractivity (Wildman–Crippen MR) is 166 cm³/mol.